The molecule has 2 atom stereocenters. The Morgan fingerprint density at radius 3 is 2.51 bits per heavy atom. The van der Waals surface area contributed by atoms with Crippen molar-refractivity contribution in [2.24, 2.45) is 0 Å². The van der Waals surface area contributed by atoms with Crippen LogP contribution in [0.2, 0.25) is 0 Å². The standard InChI is InChI=1S/C30H23BrN4/c1-30(2)23-14-8-6-12-19(23)21-16-22-20-13-7-9-15-25(20)35(26(22)17-24(21)30)29-33-27(32-28(31)34-29)18-10-4-3-5-11-18/h3-17,25-26H,1-2H3. The van der Waals surface area contributed by atoms with E-state index in [4.69, 9.17) is 9.97 Å². The average Bonchev–Trinajstić information content (AvgIpc) is 3.32. The van der Waals surface area contributed by atoms with Crippen LogP contribution >= 0.6 is 15.9 Å². The first-order valence-corrected chi connectivity index (χ1v) is 12.7. The number of fused-ring (bicyclic) bond motifs is 5. The number of hydrogen-bond donors (Lipinski definition) is 0. The fraction of sp³-hybridized carbons (Fsp3) is 0.167. The summed E-state index contributed by atoms with van der Waals surface area (Å²) in [5.74, 6) is 1.34. The Morgan fingerprint density at radius 1 is 0.857 bits per heavy atom. The largest absolute Gasteiger partial charge is 0.320 e. The third-order valence-corrected chi connectivity index (χ3v) is 7.94. The third kappa shape index (κ3) is 3.01. The number of anilines is 1. The molecule has 2 unspecified atom stereocenters. The number of hydrogen-bond acceptors (Lipinski definition) is 4. The molecule has 0 saturated heterocycles. The Labute approximate surface area is 213 Å². The highest BCUT2D eigenvalue weighted by Gasteiger charge is 2.46. The number of halogens is 1. The molecule has 3 aliphatic carbocycles. The molecule has 0 amide bonds. The van der Waals surface area contributed by atoms with Crippen LogP contribution in [0, 0.1) is 0 Å². The van der Waals surface area contributed by atoms with Gasteiger partial charge in [0.25, 0.3) is 0 Å². The van der Waals surface area contributed by atoms with E-state index in [0.29, 0.717) is 16.5 Å². The Kier molecular flexibility index (Phi) is 4.43. The van der Waals surface area contributed by atoms with Crippen LogP contribution in [0.4, 0.5) is 5.95 Å². The summed E-state index contributed by atoms with van der Waals surface area (Å²) in [4.78, 5) is 16.7. The molecule has 0 fully saturated rings. The Hall–Kier alpha value is -3.57. The van der Waals surface area contributed by atoms with E-state index < -0.39 is 0 Å². The molecular weight excluding hydrogens is 496 g/mol. The second-order valence-electron chi connectivity index (χ2n) is 9.85. The quantitative estimate of drug-likeness (QED) is 0.383. The summed E-state index contributed by atoms with van der Waals surface area (Å²) in [6.07, 6.45) is 13.6. The summed E-state index contributed by atoms with van der Waals surface area (Å²) in [7, 11) is 0. The summed E-state index contributed by atoms with van der Waals surface area (Å²) in [6, 6.07) is 19.0. The van der Waals surface area contributed by atoms with E-state index in [1.165, 1.54) is 33.4 Å². The topological polar surface area (TPSA) is 41.9 Å². The van der Waals surface area contributed by atoms with E-state index in [9.17, 15) is 0 Å². The molecule has 0 N–H and O–H groups in total. The lowest BCUT2D eigenvalue weighted by molar-refractivity contribution is 0.648. The molecule has 4 aliphatic rings. The van der Waals surface area contributed by atoms with Gasteiger partial charge in [0.05, 0.1) is 12.1 Å². The lowest BCUT2D eigenvalue weighted by Crippen LogP contribution is -2.39. The van der Waals surface area contributed by atoms with Gasteiger partial charge in [0.2, 0.25) is 10.7 Å². The van der Waals surface area contributed by atoms with Crippen LogP contribution in [0.1, 0.15) is 25.0 Å². The Morgan fingerprint density at radius 2 is 1.66 bits per heavy atom. The van der Waals surface area contributed by atoms with Crippen LogP contribution in [0.5, 0.6) is 0 Å². The maximum absolute atomic E-state index is 4.97. The van der Waals surface area contributed by atoms with Crippen molar-refractivity contribution in [2.75, 3.05) is 4.90 Å². The van der Waals surface area contributed by atoms with Crippen molar-refractivity contribution in [3.63, 3.8) is 0 Å². The fourth-order valence-corrected chi connectivity index (χ4v) is 6.28. The van der Waals surface area contributed by atoms with E-state index in [2.05, 4.69) is 100 Å². The van der Waals surface area contributed by atoms with Crippen molar-refractivity contribution in [3.8, 4) is 11.4 Å². The highest BCUT2D eigenvalue weighted by molar-refractivity contribution is 9.10. The van der Waals surface area contributed by atoms with Crippen molar-refractivity contribution >= 4 is 27.5 Å². The molecule has 0 spiro atoms. The molecule has 170 valence electrons. The number of allylic oxidation sites excluding steroid dienone is 4. The summed E-state index contributed by atoms with van der Waals surface area (Å²) in [5.41, 5.74) is 8.99. The van der Waals surface area contributed by atoms with Gasteiger partial charge in [0.1, 0.15) is 0 Å². The van der Waals surface area contributed by atoms with Gasteiger partial charge >= 0.3 is 0 Å². The van der Waals surface area contributed by atoms with Crippen LogP contribution in [0.25, 0.3) is 17.0 Å². The normalized spacial score (nSPS) is 22.9. The molecule has 0 saturated carbocycles. The van der Waals surface area contributed by atoms with Gasteiger partial charge in [-0.05, 0) is 55.4 Å². The molecule has 7 rings (SSSR count). The van der Waals surface area contributed by atoms with Gasteiger partial charge in [-0.1, -0.05) is 98.8 Å². The summed E-state index contributed by atoms with van der Waals surface area (Å²) < 4.78 is 0.542. The van der Waals surface area contributed by atoms with Crippen LogP contribution in [-0.2, 0) is 5.41 Å². The van der Waals surface area contributed by atoms with E-state index in [1.807, 2.05) is 30.3 Å². The monoisotopic (exact) mass is 518 g/mol. The molecule has 2 aromatic carbocycles. The van der Waals surface area contributed by atoms with E-state index in [1.54, 1.807) is 0 Å². The van der Waals surface area contributed by atoms with Crippen LogP contribution in [0.3, 0.4) is 0 Å². The Bertz CT molecular complexity index is 1540. The minimum atomic E-state index is -0.0569. The summed E-state index contributed by atoms with van der Waals surface area (Å²) in [6.45, 7) is 4.66. The molecule has 1 aromatic heterocycles. The maximum atomic E-state index is 4.97. The zero-order valence-corrected chi connectivity index (χ0v) is 21.1. The minimum absolute atomic E-state index is 0.0488. The Balaban J connectivity index is 1.41. The van der Waals surface area contributed by atoms with Gasteiger partial charge in [-0.3, -0.25) is 0 Å². The van der Waals surface area contributed by atoms with Crippen molar-refractivity contribution in [1.82, 2.24) is 15.0 Å². The van der Waals surface area contributed by atoms with E-state index >= 15 is 0 Å². The third-order valence-electron chi connectivity index (χ3n) is 7.59. The molecule has 5 heteroatoms. The van der Waals surface area contributed by atoms with Crippen molar-refractivity contribution in [1.29, 1.82) is 0 Å². The van der Waals surface area contributed by atoms with Crippen LogP contribution < -0.4 is 4.90 Å². The van der Waals surface area contributed by atoms with Crippen LogP contribution in [-0.4, -0.2) is 27.0 Å². The van der Waals surface area contributed by atoms with Gasteiger partial charge in [-0.25, -0.2) is 4.98 Å². The number of aromatic nitrogens is 3. The first-order chi connectivity index (χ1) is 17.0. The van der Waals surface area contributed by atoms with Crippen LogP contribution in [0.15, 0.2) is 113 Å². The molecule has 35 heavy (non-hydrogen) atoms. The number of rotatable bonds is 2. The zero-order valence-electron chi connectivity index (χ0n) is 19.5. The maximum Gasteiger partial charge on any atom is 0.231 e. The lowest BCUT2D eigenvalue weighted by Gasteiger charge is -2.33. The first-order valence-electron chi connectivity index (χ1n) is 11.9. The fourth-order valence-electron chi connectivity index (χ4n) is 5.95. The molecule has 3 aromatic rings. The average molecular weight is 519 g/mol. The lowest BCUT2D eigenvalue weighted by atomic mass is 9.78. The summed E-state index contributed by atoms with van der Waals surface area (Å²) >= 11 is 3.55. The van der Waals surface area contributed by atoms with Gasteiger partial charge in [-0.2, -0.15) is 9.97 Å². The van der Waals surface area contributed by atoms with Gasteiger partial charge in [0.15, 0.2) is 5.82 Å². The molecule has 2 heterocycles. The number of benzene rings is 2. The highest BCUT2D eigenvalue weighted by atomic mass is 79.9. The molecule has 0 bridgehead atoms. The molecule has 1 aliphatic heterocycles. The predicted molar refractivity (Wildman–Crippen MR) is 144 cm³/mol. The SMILES string of the molecule is CC1(C)C2=CC3C(=C4C=CC=CC4N3c3nc(Br)nc(-c4ccccc4)n3)C=C2c2ccccc21. The zero-order chi connectivity index (χ0) is 23.7. The van der Waals surface area contributed by atoms with Gasteiger partial charge in [0, 0.05) is 11.0 Å². The van der Waals surface area contributed by atoms with Gasteiger partial charge in [-0.15, -0.1) is 0 Å². The predicted octanol–water partition coefficient (Wildman–Crippen LogP) is 6.60. The summed E-state index contributed by atoms with van der Waals surface area (Å²) in [5, 5.41) is 0. The van der Waals surface area contributed by atoms with E-state index in [-0.39, 0.29) is 17.5 Å². The van der Waals surface area contributed by atoms with E-state index in [0.717, 1.165) is 5.56 Å². The molecule has 4 nitrogen and oxygen atoms in total. The highest BCUT2D eigenvalue weighted by Crippen LogP contribution is 2.54. The second-order valence-corrected chi connectivity index (χ2v) is 10.6. The number of nitrogens with zero attached hydrogens (tertiary/aromatic N) is 4. The van der Waals surface area contributed by atoms with Gasteiger partial charge < -0.3 is 4.90 Å². The smallest absolute Gasteiger partial charge is 0.231 e. The first kappa shape index (κ1) is 20.8. The molecule has 0 radical (unpaired) electrons. The van der Waals surface area contributed by atoms with Crippen molar-refractivity contribution < 1.29 is 0 Å². The second kappa shape index (κ2) is 7.46. The minimum Gasteiger partial charge on any atom is -0.320 e. The molecular formula is C30H23BrN4. The van der Waals surface area contributed by atoms with Crippen molar-refractivity contribution in [2.45, 2.75) is 31.3 Å². The van der Waals surface area contributed by atoms with Crippen molar-refractivity contribution in [3.05, 3.63) is 124 Å².